The highest BCUT2D eigenvalue weighted by molar-refractivity contribution is 5.76. The van der Waals surface area contributed by atoms with E-state index in [1.54, 1.807) is 0 Å². The maximum Gasteiger partial charge on any atom is 0.323 e. The van der Waals surface area contributed by atoms with Crippen LogP contribution in [0.4, 0.5) is 0 Å². The topological polar surface area (TPSA) is 56.8 Å². The third-order valence-electron chi connectivity index (χ3n) is 3.99. The van der Waals surface area contributed by atoms with E-state index in [1.807, 2.05) is 32.0 Å². The molecule has 1 aliphatic heterocycles. The van der Waals surface area contributed by atoms with Crippen molar-refractivity contribution < 1.29 is 19.0 Å². The quantitative estimate of drug-likeness (QED) is 0.817. The fourth-order valence-corrected chi connectivity index (χ4v) is 2.38. The lowest BCUT2D eigenvalue weighted by atomic mass is 9.97. The summed E-state index contributed by atoms with van der Waals surface area (Å²) in [6.07, 6.45) is 0.903. The molecule has 1 aromatic rings. The number of methoxy groups -OCH3 is 1. The highest BCUT2D eigenvalue weighted by Crippen LogP contribution is 2.34. The number of fused-ring (bicyclic) bond motifs is 1. The third-order valence-corrected chi connectivity index (χ3v) is 3.99. The molecule has 1 N–H and O–H groups in total. The number of carbonyl (C=O) groups excluding carboxylic acids is 1. The largest absolute Gasteiger partial charge is 0.468 e. The average Bonchev–Trinajstić information content (AvgIpc) is 2.98. The van der Waals surface area contributed by atoms with Crippen molar-refractivity contribution in [3.8, 4) is 11.5 Å². The van der Waals surface area contributed by atoms with Gasteiger partial charge in [0, 0.05) is 6.04 Å². The smallest absolute Gasteiger partial charge is 0.323 e. The number of nitrogens with one attached hydrogen (secondary N) is 1. The van der Waals surface area contributed by atoms with Gasteiger partial charge in [0.25, 0.3) is 0 Å². The minimum absolute atomic E-state index is 0.0117. The summed E-state index contributed by atoms with van der Waals surface area (Å²) in [7, 11) is 1.42. The van der Waals surface area contributed by atoms with E-state index in [2.05, 4.69) is 12.2 Å². The van der Waals surface area contributed by atoms with Gasteiger partial charge in [-0.3, -0.25) is 10.1 Å². The van der Waals surface area contributed by atoms with Gasteiger partial charge in [0.2, 0.25) is 6.79 Å². The number of hydrogen-bond donors (Lipinski definition) is 1. The molecule has 2 rings (SSSR count). The minimum atomic E-state index is -0.319. The van der Waals surface area contributed by atoms with Crippen LogP contribution in [-0.4, -0.2) is 25.9 Å². The van der Waals surface area contributed by atoms with E-state index in [-0.39, 0.29) is 30.8 Å². The molecular formula is C16H23NO4. The van der Waals surface area contributed by atoms with Crippen LogP contribution in [0.1, 0.15) is 38.8 Å². The van der Waals surface area contributed by atoms with Crippen LogP contribution in [0.5, 0.6) is 11.5 Å². The molecule has 0 amide bonds. The maximum absolute atomic E-state index is 11.9. The van der Waals surface area contributed by atoms with Gasteiger partial charge in [-0.25, -0.2) is 0 Å². The molecular weight excluding hydrogens is 270 g/mol. The number of carbonyl (C=O) groups is 1. The standard InChI is InChI=1S/C16H23NO4/c1-5-10(2)15(16(18)19-4)17-11(3)12-6-7-13-14(8-12)21-9-20-13/h6-8,10-11,15,17H,5,9H2,1-4H3. The maximum atomic E-state index is 11.9. The molecule has 116 valence electrons. The summed E-state index contributed by atoms with van der Waals surface area (Å²) in [5.41, 5.74) is 1.05. The fraction of sp³-hybridized carbons (Fsp3) is 0.562. The molecule has 1 heterocycles. The van der Waals surface area contributed by atoms with Crippen molar-refractivity contribution in [3.63, 3.8) is 0 Å². The Kier molecular flexibility index (Phi) is 5.07. The molecule has 0 fully saturated rings. The molecule has 3 unspecified atom stereocenters. The minimum Gasteiger partial charge on any atom is -0.468 e. The highest BCUT2D eigenvalue weighted by Gasteiger charge is 2.27. The first-order valence-corrected chi connectivity index (χ1v) is 7.30. The van der Waals surface area contributed by atoms with Gasteiger partial charge < -0.3 is 14.2 Å². The second-order valence-electron chi connectivity index (χ2n) is 5.39. The summed E-state index contributed by atoms with van der Waals surface area (Å²) in [6, 6.07) is 5.52. The van der Waals surface area contributed by atoms with Crippen molar-refractivity contribution in [2.45, 2.75) is 39.3 Å². The molecule has 0 bridgehead atoms. The Morgan fingerprint density at radius 1 is 1.33 bits per heavy atom. The lowest BCUT2D eigenvalue weighted by Gasteiger charge is -2.26. The molecule has 0 aliphatic carbocycles. The third kappa shape index (κ3) is 3.47. The van der Waals surface area contributed by atoms with Crippen LogP contribution in [0.25, 0.3) is 0 Å². The number of esters is 1. The van der Waals surface area contributed by atoms with E-state index in [1.165, 1.54) is 7.11 Å². The second kappa shape index (κ2) is 6.80. The average molecular weight is 293 g/mol. The molecule has 1 aliphatic rings. The zero-order valence-electron chi connectivity index (χ0n) is 13.0. The summed E-state index contributed by atoms with van der Waals surface area (Å²) >= 11 is 0. The van der Waals surface area contributed by atoms with Crippen LogP contribution >= 0.6 is 0 Å². The van der Waals surface area contributed by atoms with Crippen LogP contribution in [0, 0.1) is 5.92 Å². The van der Waals surface area contributed by atoms with E-state index in [4.69, 9.17) is 14.2 Å². The molecule has 5 nitrogen and oxygen atoms in total. The summed E-state index contributed by atoms with van der Waals surface area (Å²) in [6.45, 7) is 6.39. The zero-order chi connectivity index (χ0) is 15.4. The summed E-state index contributed by atoms with van der Waals surface area (Å²) in [4.78, 5) is 11.9. The summed E-state index contributed by atoms with van der Waals surface area (Å²) in [5, 5.41) is 3.35. The van der Waals surface area contributed by atoms with E-state index < -0.39 is 0 Å². The molecule has 0 saturated heterocycles. The summed E-state index contributed by atoms with van der Waals surface area (Å²) < 4.78 is 15.6. The number of rotatable bonds is 6. The van der Waals surface area contributed by atoms with Crippen molar-refractivity contribution in [3.05, 3.63) is 23.8 Å². The molecule has 0 spiro atoms. The highest BCUT2D eigenvalue weighted by atomic mass is 16.7. The summed E-state index contributed by atoms with van der Waals surface area (Å²) in [5.74, 6) is 1.49. The monoisotopic (exact) mass is 293 g/mol. The van der Waals surface area contributed by atoms with Gasteiger partial charge in [-0.1, -0.05) is 26.3 Å². The second-order valence-corrected chi connectivity index (χ2v) is 5.39. The number of ether oxygens (including phenoxy) is 3. The van der Waals surface area contributed by atoms with Gasteiger partial charge >= 0.3 is 5.97 Å². The van der Waals surface area contributed by atoms with E-state index in [0.29, 0.717) is 0 Å². The molecule has 3 atom stereocenters. The van der Waals surface area contributed by atoms with E-state index >= 15 is 0 Å². The Hall–Kier alpha value is -1.75. The Labute approximate surface area is 125 Å². The van der Waals surface area contributed by atoms with Gasteiger partial charge in [0.1, 0.15) is 6.04 Å². The predicted molar refractivity (Wildman–Crippen MR) is 79.4 cm³/mol. The van der Waals surface area contributed by atoms with Crippen molar-refractivity contribution >= 4 is 5.97 Å². The van der Waals surface area contributed by atoms with Crippen molar-refractivity contribution in [1.29, 1.82) is 0 Å². The molecule has 0 saturated carbocycles. The van der Waals surface area contributed by atoms with Crippen molar-refractivity contribution in [1.82, 2.24) is 5.32 Å². The first-order chi connectivity index (χ1) is 10.1. The van der Waals surface area contributed by atoms with E-state index in [9.17, 15) is 4.79 Å². The van der Waals surface area contributed by atoms with Gasteiger partial charge in [0.15, 0.2) is 11.5 Å². The SMILES string of the molecule is CCC(C)C(NC(C)c1ccc2c(c1)OCO2)C(=O)OC. The molecule has 0 aromatic heterocycles. The molecule has 0 radical (unpaired) electrons. The van der Waals surface area contributed by atoms with Gasteiger partial charge in [-0.15, -0.1) is 0 Å². The molecule has 5 heteroatoms. The van der Waals surface area contributed by atoms with Crippen LogP contribution in [0.2, 0.25) is 0 Å². The Bertz CT molecular complexity index is 503. The Balaban J connectivity index is 2.11. The lowest BCUT2D eigenvalue weighted by molar-refractivity contribution is -0.144. The first kappa shape index (κ1) is 15.6. The van der Waals surface area contributed by atoms with Gasteiger partial charge in [-0.05, 0) is 30.5 Å². The normalized spacial score (nSPS) is 17.1. The first-order valence-electron chi connectivity index (χ1n) is 7.30. The van der Waals surface area contributed by atoms with Crippen molar-refractivity contribution in [2.75, 3.05) is 13.9 Å². The lowest BCUT2D eigenvalue weighted by Crippen LogP contribution is -2.43. The van der Waals surface area contributed by atoms with Gasteiger partial charge in [-0.2, -0.15) is 0 Å². The number of hydrogen-bond acceptors (Lipinski definition) is 5. The van der Waals surface area contributed by atoms with Gasteiger partial charge in [0.05, 0.1) is 7.11 Å². The van der Waals surface area contributed by atoms with Crippen LogP contribution in [0.15, 0.2) is 18.2 Å². The van der Waals surface area contributed by atoms with Crippen LogP contribution < -0.4 is 14.8 Å². The Morgan fingerprint density at radius 2 is 2.05 bits per heavy atom. The van der Waals surface area contributed by atoms with E-state index in [0.717, 1.165) is 23.5 Å². The fourth-order valence-electron chi connectivity index (χ4n) is 2.38. The predicted octanol–water partition coefficient (Wildman–Crippen LogP) is 2.65. The zero-order valence-corrected chi connectivity index (χ0v) is 13.0. The number of benzene rings is 1. The van der Waals surface area contributed by atoms with Crippen LogP contribution in [0.3, 0.4) is 0 Å². The van der Waals surface area contributed by atoms with Crippen molar-refractivity contribution in [2.24, 2.45) is 5.92 Å². The molecule has 1 aromatic carbocycles. The molecule has 21 heavy (non-hydrogen) atoms. The Morgan fingerprint density at radius 3 is 2.71 bits per heavy atom. The van der Waals surface area contributed by atoms with Crippen LogP contribution in [-0.2, 0) is 9.53 Å².